The zero-order valence-corrected chi connectivity index (χ0v) is 11.5. The number of rotatable bonds is 3. The summed E-state index contributed by atoms with van der Waals surface area (Å²) in [6.07, 6.45) is 1.32. The first kappa shape index (κ1) is 13.9. The van der Waals surface area contributed by atoms with E-state index in [0.29, 0.717) is 24.4 Å². The second kappa shape index (κ2) is 6.06. The Bertz CT molecular complexity index is 445. The summed E-state index contributed by atoms with van der Waals surface area (Å²) in [5.74, 6) is 0.673. The molecule has 1 aliphatic rings. The van der Waals surface area contributed by atoms with Gasteiger partial charge < -0.3 is 14.7 Å². The van der Waals surface area contributed by atoms with Gasteiger partial charge in [0.05, 0.1) is 12.2 Å². The number of aliphatic hydroxyl groups excluding tert-OH is 1. The molecular weight excluding hydrogens is 242 g/mol. The van der Waals surface area contributed by atoms with Crippen molar-refractivity contribution in [3.63, 3.8) is 0 Å². The van der Waals surface area contributed by atoms with Crippen LogP contribution in [0.25, 0.3) is 0 Å². The Kier molecular flexibility index (Phi) is 4.43. The van der Waals surface area contributed by atoms with Crippen LogP contribution in [0.15, 0.2) is 24.3 Å². The highest BCUT2D eigenvalue weighted by atomic mass is 16.5. The van der Waals surface area contributed by atoms with Crippen molar-refractivity contribution in [2.45, 2.75) is 38.9 Å². The van der Waals surface area contributed by atoms with Crippen molar-refractivity contribution >= 4 is 5.91 Å². The van der Waals surface area contributed by atoms with Crippen LogP contribution in [-0.4, -0.2) is 41.2 Å². The molecule has 1 fully saturated rings. The van der Waals surface area contributed by atoms with Crippen molar-refractivity contribution in [1.82, 2.24) is 4.90 Å². The molecule has 4 heteroatoms. The van der Waals surface area contributed by atoms with Crippen LogP contribution in [0.3, 0.4) is 0 Å². The van der Waals surface area contributed by atoms with Gasteiger partial charge in [0.25, 0.3) is 5.91 Å². The second-order valence-electron chi connectivity index (χ2n) is 5.24. The van der Waals surface area contributed by atoms with Crippen molar-refractivity contribution in [3.05, 3.63) is 29.8 Å². The average molecular weight is 263 g/mol. The lowest BCUT2D eigenvalue weighted by atomic mass is 10.1. The number of hydrogen-bond acceptors (Lipinski definition) is 3. The van der Waals surface area contributed by atoms with Crippen molar-refractivity contribution in [2.75, 3.05) is 13.1 Å². The molecule has 0 aromatic heterocycles. The number of amides is 1. The number of likely N-dealkylation sites (tertiary alicyclic amines) is 1. The third-order valence-electron chi connectivity index (χ3n) is 3.14. The van der Waals surface area contributed by atoms with Crippen molar-refractivity contribution in [2.24, 2.45) is 0 Å². The summed E-state index contributed by atoms with van der Waals surface area (Å²) >= 11 is 0. The maximum atomic E-state index is 12.3. The molecule has 0 spiro atoms. The predicted octanol–water partition coefficient (Wildman–Crippen LogP) is 2.07. The molecule has 0 aliphatic carbocycles. The Labute approximate surface area is 114 Å². The Morgan fingerprint density at radius 1 is 1.47 bits per heavy atom. The van der Waals surface area contributed by atoms with Crippen LogP contribution < -0.4 is 4.74 Å². The SMILES string of the molecule is CC(C)Oc1cccc(C(=O)N2CCC[C@H](O)C2)c1. The summed E-state index contributed by atoms with van der Waals surface area (Å²) in [6.45, 7) is 5.05. The van der Waals surface area contributed by atoms with Gasteiger partial charge in [0, 0.05) is 18.7 Å². The highest BCUT2D eigenvalue weighted by Crippen LogP contribution is 2.18. The smallest absolute Gasteiger partial charge is 0.254 e. The van der Waals surface area contributed by atoms with E-state index in [9.17, 15) is 9.90 Å². The summed E-state index contributed by atoms with van der Waals surface area (Å²) in [6, 6.07) is 7.23. The predicted molar refractivity (Wildman–Crippen MR) is 73.4 cm³/mol. The molecule has 1 atom stereocenters. The number of β-amino-alcohol motifs (C(OH)–C–C–N with tert-alkyl or cyclic N) is 1. The number of nitrogens with zero attached hydrogens (tertiary/aromatic N) is 1. The van der Waals surface area contributed by atoms with Crippen LogP contribution in [0.2, 0.25) is 0 Å². The summed E-state index contributed by atoms with van der Waals surface area (Å²) in [7, 11) is 0. The van der Waals surface area contributed by atoms with Gasteiger partial charge in [-0.2, -0.15) is 0 Å². The van der Waals surface area contributed by atoms with Gasteiger partial charge in [0.1, 0.15) is 5.75 Å². The van der Waals surface area contributed by atoms with Crippen molar-refractivity contribution < 1.29 is 14.6 Å². The summed E-state index contributed by atoms with van der Waals surface area (Å²) in [5.41, 5.74) is 0.618. The minimum absolute atomic E-state index is 0.0343. The Hall–Kier alpha value is -1.55. The molecule has 0 radical (unpaired) electrons. The van der Waals surface area contributed by atoms with Crippen LogP contribution in [0, 0.1) is 0 Å². The number of piperidine rings is 1. The van der Waals surface area contributed by atoms with Gasteiger partial charge in [-0.3, -0.25) is 4.79 Å². The first-order valence-electron chi connectivity index (χ1n) is 6.80. The molecule has 0 bridgehead atoms. The van der Waals surface area contributed by atoms with Gasteiger partial charge in [-0.15, -0.1) is 0 Å². The van der Waals surface area contributed by atoms with E-state index in [1.807, 2.05) is 26.0 Å². The van der Waals surface area contributed by atoms with E-state index in [1.54, 1.807) is 17.0 Å². The Morgan fingerprint density at radius 2 is 2.26 bits per heavy atom. The second-order valence-corrected chi connectivity index (χ2v) is 5.24. The molecule has 1 aromatic carbocycles. The minimum atomic E-state index is -0.396. The molecule has 19 heavy (non-hydrogen) atoms. The normalized spacial score (nSPS) is 19.6. The number of benzene rings is 1. The fraction of sp³-hybridized carbons (Fsp3) is 0.533. The van der Waals surface area contributed by atoms with E-state index >= 15 is 0 Å². The number of hydrogen-bond donors (Lipinski definition) is 1. The van der Waals surface area contributed by atoms with Crippen LogP contribution in [-0.2, 0) is 0 Å². The van der Waals surface area contributed by atoms with Crippen LogP contribution in [0.4, 0.5) is 0 Å². The first-order valence-corrected chi connectivity index (χ1v) is 6.80. The van der Waals surface area contributed by atoms with E-state index in [1.165, 1.54) is 0 Å². The zero-order chi connectivity index (χ0) is 13.8. The fourth-order valence-corrected chi connectivity index (χ4v) is 2.30. The number of aliphatic hydroxyl groups is 1. The molecular formula is C15H21NO3. The lowest BCUT2D eigenvalue weighted by Crippen LogP contribution is -2.42. The van der Waals surface area contributed by atoms with Crippen molar-refractivity contribution in [1.29, 1.82) is 0 Å². The van der Waals surface area contributed by atoms with Gasteiger partial charge >= 0.3 is 0 Å². The summed E-state index contributed by atoms with van der Waals surface area (Å²) < 4.78 is 5.59. The van der Waals surface area contributed by atoms with Gasteiger partial charge in [-0.1, -0.05) is 6.07 Å². The fourth-order valence-electron chi connectivity index (χ4n) is 2.30. The van der Waals surface area contributed by atoms with E-state index in [0.717, 1.165) is 12.8 Å². The van der Waals surface area contributed by atoms with Gasteiger partial charge in [-0.05, 0) is 44.9 Å². The van der Waals surface area contributed by atoms with E-state index in [-0.39, 0.29) is 12.0 Å². The molecule has 1 N–H and O–H groups in total. The van der Waals surface area contributed by atoms with Crippen LogP contribution in [0.1, 0.15) is 37.0 Å². The molecule has 1 heterocycles. The largest absolute Gasteiger partial charge is 0.491 e. The molecule has 1 aromatic rings. The summed E-state index contributed by atoms with van der Waals surface area (Å²) in [5, 5.41) is 9.63. The lowest BCUT2D eigenvalue weighted by molar-refractivity contribution is 0.0473. The Balaban J connectivity index is 2.10. The maximum absolute atomic E-state index is 12.3. The molecule has 0 saturated carbocycles. The minimum Gasteiger partial charge on any atom is -0.491 e. The highest BCUT2D eigenvalue weighted by Gasteiger charge is 2.23. The third-order valence-corrected chi connectivity index (χ3v) is 3.14. The van der Waals surface area contributed by atoms with Gasteiger partial charge in [0.2, 0.25) is 0 Å². The lowest BCUT2D eigenvalue weighted by Gasteiger charge is -2.30. The van der Waals surface area contributed by atoms with Crippen LogP contribution >= 0.6 is 0 Å². The molecule has 1 amide bonds. The molecule has 4 nitrogen and oxygen atoms in total. The molecule has 1 aliphatic heterocycles. The molecule has 0 unspecified atom stereocenters. The third kappa shape index (κ3) is 3.70. The zero-order valence-electron chi connectivity index (χ0n) is 11.5. The quantitative estimate of drug-likeness (QED) is 0.908. The number of carbonyl (C=O) groups is 1. The van der Waals surface area contributed by atoms with E-state index < -0.39 is 6.10 Å². The monoisotopic (exact) mass is 263 g/mol. The Morgan fingerprint density at radius 3 is 2.95 bits per heavy atom. The van der Waals surface area contributed by atoms with Gasteiger partial charge in [-0.25, -0.2) is 0 Å². The first-order chi connectivity index (χ1) is 9.06. The maximum Gasteiger partial charge on any atom is 0.254 e. The number of carbonyl (C=O) groups excluding carboxylic acids is 1. The summed E-state index contributed by atoms with van der Waals surface area (Å²) in [4.78, 5) is 14.1. The van der Waals surface area contributed by atoms with Crippen molar-refractivity contribution in [3.8, 4) is 5.75 Å². The van der Waals surface area contributed by atoms with E-state index in [2.05, 4.69) is 0 Å². The molecule has 2 rings (SSSR count). The highest BCUT2D eigenvalue weighted by molar-refractivity contribution is 5.94. The van der Waals surface area contributed by atoms with Crippen LogP contribution in [0.5, 0.6) is 5.75 Å². The molecule has 1 saturated heterocycles. The standard InChI is InChI=1S/C15H21NO3/c1-11(2)19-14-7-3-5-12(9-14)15(18)16-8-4-6-13(17)10-16/h3,5,7,9,11,13,17H,4,6,8,10H2,1-2H3/t13-/m0/s1. The topological polar surface area (TPSA) is 49.8 Å². The average Bonchev–Trinajstić information content (AvgIpc) is 2.37. The van der Waals surface area contributed by atoms with Gasteiger partial charge in [0.15, 0.2) is 0 Å². The molecule has 104 valence electrons. The van der Waals surface area contributed by atoms with E-state index in [4.69, 9.17) is 4.74 Å². The number of ether oxygens (including phenoxy) is 1.